The van der Waals surface area contributed by atoms with Crippen molar-refractivity contribution in [1.29, 1.82) is 0 Å². The molecule has 2 unspecified atom stereocenters. The highest BCUT2D eigenvalue weighted by molar-refractivity contribution is 5.79. The maximum atomic E-state index is 12.2. The van der Waals surface area contributed by atoms with Crippen molar-refractivity contribution in [3.8, 4) is 0 Å². The fourth-order valence-electron chi connectivity index (χ4n) is 2.72. The number of aryl methyl sites for hydroxylation is 1. The number of hydrogen-bond donors (Lipinski definition) is 4. The minimum Gasteiger partial charge on any atom is -0.481 e. The van der Waals surface area contributed by atoms with E-state index in [2.05, 4.69) is 10.6 Å². The smallest absolute Gasteiger partial charge is 0.312 e. The van der Waals surface area contributed by atoms with E-state index in [4.69, 9.17) is 5.73 Å². The van der Waals surface area contributed by atoms with Crippen molar-refractivity contribution in [2.24, 2.45) is 17.6 Å². The van der Waals surface area contributed by atoms with Crippen LogP contribution in [0.2, 0.25) is 0 Å². The van der Waals surface area contributed by atoms with Gasteiger partial charge in [-0.3, -0.25) is 9.59 Å². The van der Waals surface area contributed by atoms with Crippen LogP contribution in [-0.4, -0.2) is 29.6 Å². The average molecular weight is 349 g/mol. The molecule has 5 N–H and O–H groups in total. The molecule has 25 heavy (non-hydrogen) atoms. The van der Waals surface area contributed by atoms with E-state index in [1.54, 1.807) is 0 Å². The Bertz CT molecular complexity index is 616. The molecule has 0 spiro atoms. The summed E-state index contributed by atoms with van der Waals surface area (Å²) >= 11 is 0. The van der Waals surface area contributed by atoms with Crippen molar-refractivity contribution in [1.82, 2.24) is 10.6 Å². The Morgan fingerprint density at radius 1 is 1.20 bits per heavy atom. The lowest BCUT2D eigenvalue weighted by molar-refractivity contribution is -0.142. The third-order valence-electron chi connectivity index (χ3n) is 3.92. The number of urea groups is 1. The Morgan fingerprint density at radius 3 is 2.36 bits per heavy atom. The molecule has 1 aromatic carbocycles. The summed E-state index contributed by atoms with van der Waals surface area (Å²) in [5.41, 5.74) is 6.94. The quantitative estimate of drug-likeness (QED) is 0.544. The molecule has 0 fully saturated rings. The van der Waals surface area contributed by atoms with Gasteiger partial charge in [0.05, 0.1) is 18.4 Å². The number of carbonyl (C=O) groups excluding carboxylic acids is 2. The number of carbonyl (C=O) groups is 3. The first-order valence-corrected chi connectivity index (χ1v) is 8.31. The number of primary amides is 1. The van der Waals surface area contributed by atoms with E-state index in [9.17, 15) is 19.5 Å². The third kappa shape index (κ3) is 7.24. The first-order valence-electron chi connectivity index (χ1n) is 8.31. The Hall–Kier alpha value is -2.57. The Balaban J connectivity index is 2.74. The van der Waals surface area contributed by atoms with Crippen LogP contribution in [0, 0.1) is 18.8 Å². The van der Waals surface area contributed by atoms with Gasteiger partial charge in [-0.05, 0) is 30.4 Å². The van der Waals surface area contributed by atoms with Gasteiger partial charge in [0.15, 0.2) is 0 Å². The minimum absolute atomic E-state index is 0.0121. The Labute approximate surface area is 148 Å². The average Bonchev–Trinajstić information content (AvgIpc) is 2.50. The maximum Gasteiger partial charge on any atom is 0.312 e. The number of aliphatic carboxylic acids is 1. The summed E-state index contributed by atoms with van der Waals surface area (Å²) in [6.07, 6.45) is 0.470. The highest BCUT2D eigenvalue weighted by atomic mass is 16.4. The Morgan fingerprint density at radius 2 is 1.84 bits per heavy atom. The largest absolute Gasteiger partial charge is 0.481 e. The lowest BCUT2D eigenvalue weighted by Crippen LogP contribution is -2.39. The highest BCUT2D eigenvalue weighted by Gasteiger charge is 2.22. The van der Waals surface area contributed by atoms with E-state index in [1.807, 2.05) is 45.0 Å². The summed E-state index contributed by atoms with van der Waals surface area (Å²) < 4.78 is 0. The van der Waals surface area contributed by atoms with Crippen LogP contribution < -0.4 is 16.4 Å². The first kappa shape index (κ1) is 20.5. The van der Waals surface area contributed by atoms with Gasteiger partial charge in [-0.15, -0.1) is 0 Å². The maximum absolute atomic E-state index is 12.2. The summed E-state index contributed by atoms with van der Waals surface area (Å²) in [6, 6.07) is 6.10. The lowest BCUT2D eigenvalue weighted by atomic mass is 9.96. The van der Waals surface area contributed by atoms with Crippen LogP contribution in [0.3, 0.4) is 0 Å². The second kappa shape index (κ2) is 9.66. The molecule has 138 valence electrons. The number of amides is 3. The molecule has 7 heteroatoms. The zero-order valence-electron chi connectivity index (χ0n) is 14.9. The molecule has 3 amide bonds. The molecule has 7 nitrogen and oxygen atoms in total. The highest BCUT2D eigenvalue weighted by Crippen LogP contribution is 2.20. The normalized spacial score (nSPS) is 13.1. The fourth-order valence-corrected chi connectivity index (χ4v) is 2.72. The third-order valence-corrected chi connectivity index (χ3v) is 3.92. The second-order valence-electron chi connectivity index (χ2n) is 6.59. The van der Waals surface area contributed by atoms with E-state index >= 15 is 0 Å². The van der Waals surface area contributed by atoms with Crippen LogP contribution in [0.5, 0.6) is 0 Å². The molecule has 0 aliphatic carbocycles. The molecule has 0 saturated heterocycles. The summed E-state index contributed by atoms with van der Waals surface area (Å²) in [5, 5.41) is 14.4. The molecule has 1 rings (SSSR count). The SMILES string of the molecule is Cc1ccccc1C(CC(=O)NCC(CC(C)C)C(=O)O)NC(N)=O. The molecular formula is C18H27N3O4. The molecular weight excluding hydrogens is 322 g/mol. The molecule has 1 aromatic rings. The van der Waals surface area contributed by atoms with Crippen molar-refractivity contribution in [3.63, 3.8) is 0 Å². The fraction of sp³-hybridized carbons (Fsp3) is 0.500. The predicted molar refractivity (Wildman–Crippen MR) is 94.8 cm³/mol. The van der Waals surface area contributed by atoms with E-state index in [-0.39, 0.29) is 24.8 Å². The van der Waals surface area contributed by atoms with Crippen molar-refractivity contribution in [2.45, 2.75) is 39.7 Å². The molecule has 0 heterocycles. The number of nitrogens with one attached hydrogen (secondary N) is 2. The molecule has 0 aromatic heterocycles. The van der Waals surface area contributed by atoms with Crippen LogP contribution in [0.4, 0.5) is 4.79 Å². The summed E-state index contributed by atoms with van der Waals surface area (Å²) in [7, 11) is 0. The lowest BCUT2D eigenvalue weighted by Gasteiger charge is -2.21. The van der Waals surface area contributed by atoms with Gasteiger partial charge in [0, 0.05) is 6.54 Å². The molecule has 0 radical (unpaired) electrons. The van der Waals surface area contributed by atoms with Gasteiger partial charge in [0.25, 0.3) is 0 Å². The molecule has 0 aliphatic rings. The zero-order valence-corrected chi connectivity index (χ0v) is 14.9. The van der Waals surface area contributed by atoms with Crippen LogP contribution >= 0.6 is 0 Å². The van der Waals surface area contributed by atoms with Crippen molar-refractivity contribution >= 4 is 17.9 Å². The van der Waals surface area contributed by atoms with E-state index in [1.165, 1.54) is 0 Å². The van der Waals surface area contributed by atoms with Crippen LogP contribution in [0.25, 0.3) is 0 Å². The van der Waals surface area contributed by atoms with Crippen LogP contribution in [0.1, 0.15) is 43.9 Å². The number of carboxylic acid groups (broad SMARTS) is 1. The molecule has 0 aliphatic heterocycles. The molecule has 2 atom stereocenters. The standard InChI is InChI=1S/C18H27N3O4/c1-11(2)8-13(17(23)24)10-20-16(22)9-15(21-18(19)25)14-7-5-4-6-12(14)3/h4-7,11,13,15H,8-10H2,1-3H3,(H,20,22)(H,23,24)(H3,19,21,25). The van der Waals surface area contributed by atoms with Gasteiger partial charge in [0.1, 0.15) is 0 Å². The minimum atomic E-state index is -0.931. The van der Waals surface area contributed by atoms with Gasteiger partial charge < -0.3 is 21.5 Å². The van der Waals surface area contributed by atoms with E-state index in [0.29, 0.717) is 6.42 Å². The Kier molecular flexibility index (Phi) is 7.91. The van der Waals surface area contributed by atoms with Gasteiger partial charge in [0.2, 0.25) is 5.91 Å². The monoisotopic (exact) mass is 349 g/mol. The second-order valence-corrected chi connectivity index (χ2v) is 6.59. The number of rotatable bonds is 9. The van der Waals surface area contributed by atoms with Gasteiger partial charge in [-0.2, -0.15) is 0 Å². The topological polar surface area (TPSA) is 122 Å². The zero-order chi connectivity index (χ0) is 19.0. The molecule has 0 saturated carbocycles. The van der Waals surface area contributed by atoms with Gasteiger partial charge in [-0.25, -0.2) is 4.79 Å². The number of carboxylic acids is 1. The van der Waals surface area contributed by atoms with Gasteiger partial charge in [-0.1, -0.05) is 38.1 Å². The summed E-state index contributed by atoms with van der Waals surface area (Å²) in [6.45, 7) is 5.81. The summed E-state index contributed by atoms with van der Waals surface area (Å²) in [5.74, 6) is -1.68. The predicted octanol–water partition coefficient (Wildman–Crippen LogP) is 1.96. The number of nitrogens with two attached hydrogens (primary N) is 1. The molecule has 0 bridgehead atoms. The van der Waals surface area contributed by atoms with Crippen LogP contribution in [0.15, 0.2) is 24.3 Å². The first-order chi connectivity index (χ1) is 11.7. The summed E-state index contributed by atoms with van der Waals surface area (Å²) in [4.78, 5) is 34.7. The van der Waals surface area contributed by atoms with Gasteiger partial charge >= 0.3 is 12.0 Å². The van der Waals surface area contributed by atoms with Crippen molar-refractivity contribution in [2.75, 3.05) is 6.54 Å². The van der Waals surface area contributed by atoms with E-state index in [0.717, 1.165) is 11.1 Å². The van der Waals surface area contributed by atoms with Crippen molar-refractivity contribution < 1.29 is 19.5 Å². The van der Waals surface area contributed by atoms with Crippen molar-refractivity contribution in [3.05, 3.63) is 35.4 Å². The number of benzene rings is 1. The van der Waals surface area contributed by atoms with E-state index < -0.39 is 24.0 Å². The van der Waals surface area contributed by atoms with Crippen LogP contribution in [-0.2, 0) is 9.59 Å². The number of hydrogen-bond acceptors (Lipinski definition) is 3.